The SMILES string of the molecule is CN(C)Cc1cc(C#N)cc(C(=O)N2CCC(N3CC(CC#N)(n4cc(-c5ncnc6[nH]ccc56)cn4)C3)CC2)n1. The zero-order valence-electron chi connectivity index (χ0n) is 23.2. The number of rotatable bonds is 7. The Morgan fingerprint density at radius 1 is 1.20 bits per heavy atom. The van der Waals surface area contributed by atoms with Gasteiger partial charge in [-0.2, -0.15) is 15.6 Å². The summed E-state index contributed by atoms with van der Waals surface area (Å²) < 4.78 is 1.93. The molecule has 1 N–H and O–H groups in total. The van der Waals surface area contributed by atoms with E-state index in [1.807, 2.05) is 47.0 Å². The number of fused-ring (bicyclic) bond motifs is 1. The molecular weight excluding hydrogens is 518 g/mol. The van der Waals surface area contributed by atoms with Crippen LogP contribution in [0.25, 0.3) is 22.3 Å². The highest BCUT2D eigenvalue weighted by atomic mass is 16.2. The predicted molar refractivity (Wildman–Crippen MR) is 150 cm³/mol. The van der Waals surface area contributed by atoms with Gasteiger partial charge in [0.15, 0.2) is 0 Å². The van der Waals surface area contributed by atoms with E-state index < -0.39 is 5.54 Å². The molecule has 0 radical (unpaired) electrons. The summed E-state index contributed by atoms with van der Waals surface area (Å²) in [4.78, 5) is 35.9. The number of hydrogen-bond donors (Lipinski definition) is 1. The van der Waals surface area contributed by atoms with Crippen molar-refractivity contribution in [3.05, 3.63) is 60.1 Å². The van der Waals surface area contributed by atoms with Crippen LogP contribution in [-0.4, -0.2) is 96.6 Å². The summed E-state index contributed by atoms with van der Waals surface area (Å²) in [5, 5.41) is 24.7. The fourth-order valence-corrected chi connectivity index (χ4v) is 6.02. The first kappa shape index (κ1) is 26.6. The van der Waals surface area contributed by atoms with E-state index in [1.165, 1.54) is 6.33 Å². The molecule has 0 atom stereocenters. The van der Waals surface area contributed by atoms with Crippen molar-refractivity contribution >= 4 is 16.9 Å². The van der Waals surface area contributed by atoms with Gasteiger partial charge in [0.05, 0.1) is 41.7 Å². The maximum absolute atomic E-state index is 13.3. The number of piperidine rings is 1. The lowest BCUT2D eigenvalue weighted by atomic mass is 9.83. The summed E-state index contributed by atoms with van der Waals surface area (Å²) in [6.45, 7) is 3.26. The van der Waals surface area contributed by atoms with Crippen LogP contribution in [0.5, 0.6) is 0 Å². The van der Waals surface area contributed by atoms with Crippen molar-refractivity contribution < 1.29 is 4.79 Å². The van der Waals surface area contributed by atoms with Gasteiger partial charge >= 0.3 is 0 Å². The maximum atomic E-state index is 13.3. The van der Waals surface area contributed by atoms with Crippen LogP contribution in [0.3, 0.4) is 0 Å². The normalized spacial score (nSPS) is 17.3. The van der Waals surface area contributed by atoms with Crippen LogP contribution >= 0.6 is 0 Å². The molecule has 2 aliphatic heterocycles. The van der Waals surface area contributed by atoms with Crippen molar-refractivity contribution in [1.82, 2.24) is 44.4 Å². The van der Waals surface area contributed by atoms with Crippen molar-refractivity contribution in [2.75, 3.05) is 40.3 Å². The molecular formula is C29H31N11O. The van der Waals surface area contributed by atoms with Crippen LogP contribution in [0.15, 0.2) is 43.1 Å². The van der Waals surface area contributed by atoms with E-state index in [1.54, 1.807) is 18.3 Å². The van der Waals surface area contributed by atoms with E-state index >= 15 is 0 Å². The van der Waals surface area contributed by atoms with Gasteiger partial charge in [0.2, 0.25) is 0 Å². The van der Waals surface area contributed by atoms with E-state index in [2.05, 4.69) is 42.1 Å². The monoisotopic (exact) mass is 549 g/mol. The number of likely N-dealkylation sites (tertiary alicyclic amines) is 2. The summed E-state index contributed by atoms with van der Waals surface area (Å²) in [5.41, 5.74) is 3.57. The Labute approximate surface area is 237 Å². The Morgan fingerprint density at radius 2 is 2.00 bits per heavy atom. The highest BCUT2D eigenvalue weighted by Gasteiger charge is 2.48. The summed E-state index contributed by atoms with van der Waals surface area (Å²) in [5.74, 6) is -0.131. The summed E-state index contributed by atoms with van der Waals surface area (Å²) in [7, 11) is 3.86. The van der Waals surface area contributed by atoms with Gasteiger partial charge in [0.25, 0.3) is 5.91 Å². The second kappa shape index (κ2) is 10.7. The molecule has 2 aliphatic rings. The highest BCUT2D eigenvalue weighted by molar-refractivity contribution is 5.93. The third-order valence-corrected chi connectivity index (χ3v) is 8.07. The van der Waals surface area contributed by atoms with E-state index in [4.69, 9.17) is 0 Å². The van der Waals surface area contributed by atoms with E-state index in [0.29, 0.717) is 49.0 Å². The second-order valence-corrected chi connectivity index (χ2v) is 11.2. The molecule has 1 amide bonds. The van der Waals surface area contributed by atoms with E-state index in [9.17, 15) is 15.3 Å². The number of nitrogens with one attached hydrogen (secondary N) is 1. The van der Waals surface area contributed by atoms with E-state index in [-0.39, 0.29) is 5.91 Å². The Balaban J connectivity index is 1.11. The first-order valence-electron chi connectivity index (χ1n) is 13.7. The molecule has 2 fully saturated rings. The van der Waals surface area contributed by atoms with Crippen molar-refractivity contribution in [2.45, 2.75) is 37.4 Å². The number of carbonyl (C=O) groups is 1. The average molecular weight is 550 g/mol. The lowest BCUT2D eigenvalue weighted by Gasteiger charge is -2.53. The summed E-state index contributed by atoms with van der Waals surface area (Å²) in [6.07, 6.45) is 9.22. The summed E-state index contributed by atoms with van der Waals surface area (Å²) in [6, 6.07) is 10.1. The zero-order valence-corrected chi connectivity index (χ0v) is 23.2. The zero-order chi connectivity index (χ0) is 28.6. The smallest absolute Gasteiger partial charge is 0.272 e. The van der Waals surface area contributed by atoms with E-state index in [0.717, 1.165) is 48.2 Å². The molecule has 6 rings (SSSR count). The minimum absolute atomic E-state index is 0.131. The average Bonchev–Trinajstić information content (AvgIpc) is 3.64. The topological polar surface area (TPSA) is 147 Å². The van der Waals surface area contributed by atoms with Crippen LogP contribution in [0.4, 0.5) is 0 Å². The third kappa shape index (κ3) is 5.04. The van der Waals surface area contributed by atoms with Crippen LogP contribution in [-0.2, 0) is 12.1 Å². The number of nitriles is 2. The molecule has 12 heteroatoms. The minimum Gasteiger partial charge on any atom is -0.346 e. The van der Waals surface area contributed by atoms with Crippen LogP contribution in [0.2, 0.25) is 0 Å². The fourth-order valence-electron chi connectivity index (χ4n) is 6.02. The van der Waals surface area contributed by atoms with Crippen molar-refractivity contribution in [3.63, 3.8) is 0 Å². The van der Waals surface area contributed by atoms with Gasteiger partial charge in [-0.1, -0.05) is 0 Å². The van der Waals surface area contributed by atoms with Crippen molar-refractivity contribution in [1.29, 1.82) is 10.5 Å². The molecule has 6 heterocycles. The third-order valence-electron chi connectivity index (χ3n) is 8.07. The Hall–Kier alpha value is -4.65. The lowest BCUT2D eigenvalue weighted by molar-refractivity contribution is -0.0412. The molecule has 208 valence electrons. The Kier molecular flexibility index (Phi) is 6.95. The lowest BCUT2D eigenvalue weighted by Crippen LogP contribution is -2.66. The van der Waals surface area contributed by atoms with Gasteiger partial charge in [-0.3, -0.25) is 14.4 Å². The standard InChI is InChI=1S/C29H31N11O/c1-37(2)16-22-11-20(13-31)12-25(36-22)28(41)38-9-4-23(5-10-38)39-17-29(18-39,6-7-30)40-15-21(14-35-40)26-24-3-8-32-27(24)34-19-33-26/h3,8,11-12,14-15,19,23H,4-6,9-10,16-18H2,1-2H3,(H,32,33,34). The van der Waals surface area contributed by atoms with Crippen LogP contribution in [0, 0.1) is 22.7 Å². The molecule has 0 aliphatic carbocycles. The fraction of sp³-hybridized carbons (Fsp3) is 0.414. The highest BCUT2D eigenvalue weighted by Crippen LogP contribution is 2.37. The molecule has 0 spiro atoms. The maximum Gasteiger partial charge on any atom is 0.272 e. The number of aromatic amines is 1. The minimum atomic E-state index is -0.394. The number of pyridine rings is 1. The number of nitrogens with zero attached hydrogens (tertiary/aromatic N) is 10. The summed E-state index contributed by atoms with van der Waals surface area (Å²) >= 11 is 0. The number of carbonyl (C=O) groups excluding carboxylic acids is 1. The van der Waals surface area contributed by atoms with Gasteiger partial charge in [-0.05, 0) is 45.1 Å². The molecule has 0 saturated carbocycles. The molecule has 4 aromatic heterocycles. The number of H-pyrrole nitrogens is 1. The molecule has 4 aromatic rings. The molecule has 0 aromatic carbocycles. The first-order valence-corrected chi connectivity index (χ1v) is 13.7. The molecule has 2 saturated heterocycles. The largest absolute Gasteiger partial charge is 0.346 e. The second-order valence-electron chi connectivity index (χ2n) is 11.2. The quantitative estimate of drug-likeness (QED) is 0.367. The number of amides is 1. The van der Waals surface area contributed by atoms with Gasteiger partial charge in [0, 0.05) is 62.1 Å². The number of hydrogen-bond acceptors (Lipinski definition) is 9. The van der Waals surface area contributed by atoms with Gasteiger partial charge < -0.3 is 14.8 Å². The van der Waals surface area contributed by atoms with Crippen molar-refractivity contribution in [2.24, 2.45) is 0 Å². The Bertz CT molecular complexity index is 1660. The molecule has 0 unspecified atom stereocenters. The molecule has 12 nitrogen and oxygen atoms in total. The van der Waals surface area contributed by atoms with Gasteiger partial charge in [-0.15, -0.1) is 0 Å². The Morgan fingerprint density at radius 3 is 2.73 bits per heavy atom. The first-order chi connectivity index (χ1) is 19.9. The van der Waals surface area contributed by atoms with Gasteiger partial charge in [0.1, 0.15) is 23.2 Å². The molecule has 0 bridgehead atoms. The van der Waals surface area contributed by atoms with Crippen LogP contribution < -0.4 is 0 Å². The molecule has 41 heavy (non-hydrogen) atoms. The van der Waals surface area contributed by atoms with Gasteiger partial charge in [-0.25, -0.2) is 15.0 Å². The number of aromatic nitrogens is 6. The van der Waals surface area contributed by atoms with Crippen molar-refractivity contribution in [3.8, 4) is 23.4 Å². The van der Waals surface area contributed by atoms with Crippen LogP contribution in [0.1, 0.15) is 41.0 Å². The predicted octanol–water partition coefficient (Wildman–Crippen LogP) is 2.38.